The van der Waals surface area contributed by atoms with Gasteiger partial charge in [-0.3, -0.25) is 9.52 Å². The summed E-state index contributed by atoms with van der Waals surface area (Å²) in [6.07, 6.45) is 2.96. The van der Waals surface area contributed by atoms with E-state index in [9.17, 15) is 13.2 Å². The molecule has 2 aromatic heterocycles. The van der Waals surface area contributed by atoms with E-state index in [4.69, 9.17) is 4.74 Å². The molecule has 0 radical (unpaired) electrons. The van der Waals surface area contributed by atoms with E-state index in [0.29, 0.717) is 11.2 Å². The van der Waals surface area contributed by atoms with Crippen LogP contribution in [0.5, 0.6) is 5.88 Å². The molecule has 2 aromatic carbocycles. The zero-order valence-electron chi connectivity index (χ0n) is 15.3. The van der Waals surface area contributed by atoms with Gasteiger partial charge in [-0.2, -0.15) is 0 Å². The number of sulfonamides is 1. The van der Waals surface area contributed by atoms with Crippen molar-refractivity contribution < 1.29 is 17.9 Å². The van der Waals surface area contributed by atoms with Gasteiger partial charge in [0.2, 0.25) is 5.88 Å². The zero-order valence-corrected chi connectivity index (χ0v) is 17.0. The molecule has 0 bridgehead atoms. The lowest BCUT2D eigenvalue weighted by Crippen LogP contribution is -2.20. The van der Waals surface area contributed by atoms with Crippen LogP contribution in [0.25, 0.3) is 11.0 Å². The van der Waals surface area contributed by atoms with Crippen molar-refractivity contribution in [2.24, 2.45) is 0 Å². The summed E-state index contributed by atoms with van der Waals surface area (Å²) in [6, 6.07) is 13.1. The van der Waals surface area contributed by atoms with Crippen LogP contribution in [0, 0.1) is 0 Å². The first-order valence-electron chi connectivity index (χ1n) is 8.66. The van der Waals surface area contributed by atoms with Gasteiger partial charge in [0.1, 0.15) is 0 Å². The van der Waals surface area contributed by atoms with Crippen molar-refractivity contribution in [1.29, 1.82) is 0 Å². The van der Waals surface area contributed by atoms with Crippen LogP contribution in [0.3, 0.4) is 0 Å². The minimum Gasteiger partial charge on any atom is -0.466 e. The fourth-order valence-corrected chi connectivity index (χ4v) is 4.30. The molecule has 2 N–H and O–H groups in total. The molecule has 0 fully saturated rings. The van der Waals surface area contributed by atoms with Crippen LogP contribution in [0.15, 0.2) is 71.2 Å². The Morgan fingerprint density at radius 3 is 2.53 bits per heavy atom. The van der Waals surface area contributed by atoms with E-state index < -0.39 is 15.9 Å². The van der Waals surface area contributed by atoms with Crippen molar-refractivity contribution in [1.82, 2.24) is 15.0 Å². The molecule has 2 heterocycles. The van der Waals surface area contributed by atoms with E-state index in [1.54, 1.807) is 11.4 Å². The van der Waals surface area contributed by atoms with Gasteiger partial charge in [0.25, 0.3) is 15.9 Å². The lowest BCUT2D eigenvalue weighted by molar-refractivity contribution is -0.118. The zero-order chi connectivity index (χ0) is 21.0. The molecule has 0 spiro atoms. The first-order valence-corrected chi connectivity index (χ1v) is 11.0. The summed E-state index contributed by atoms with van der Waals surface area (Å²) in [5.74, 6) is -0.181. The van der Waals surface area contributed by atoms with Gasteiger partial charge in [-0.15, -0.1) is 11.3 Å². The predicted molar refractivity (Wildman–Crippen MR) is 113 cm³/mol. The fraction of sp³-hybridized carbons (Fsp3) is 0.0526. The van der Waals surface area contributed by atoms with Crippen LogP contribution in [0.4, 0.5) is 10.8 Å². The number of hydrogen-bond acceptors (Lipinski definition) is 8. The molecule has 0 saturated heterocycles. The van der Waals surface area contributed by atoms with E-state index in [0.717, 1.165) is 5.52 Å². The Morgan fingerprint density at radius 2 is 1.80 bits per heavy atom. The molecule has 0 atom stereocenters. The number of nitrogens with zero attached hydrogens (tertiary/aromatic N) is 3. The first kappa shape index (κ1) is 19.7. The number of nitrogens with one attached hydrogen (secondary N) is 2. The van der Waals surface area contributed by atoms with Crippen molar-refractivity contribution in [3.63, 3.8) is 0 Å². The van der Waals surface area contributed by atoms with Gasteiger partial charge < -0.3 is 10.1 Å². The maximum absolute atomic E-state index is 12.3. The summed E-state index contributed by atoms with van der Waals surface area (Å²) < 4.78 is 32.4. The Balaban J connectivity index is 1.35. The van der Waals surface area contributed by atoms with Gasteiger partial charge in [-0.25, -0.2) is 23.4 Å². The number of carbonyl (C=O) groups is 1. The predicted octanol–water partition coefficient (Wildman–Crippen LogP) is 2.90. The number of amides is 1. The van der Waals surface area contributed by atoms with Crippen molar-refractivity contribution in [3.05, 3.63) is 66.3 Å². The Morgan fingerprint density at radius 1 is 1.03 bits per heavy atom. The lowest BCUT2D eigenvalue weighted by Gasteiger charge is -2.09. The van der Waals surface area contributed by atoms with E-state index in [1.165, 1.54) is 48.0 Å². The number of thiazole rings is 1. The van der Waals surface area contributed by atoms with E-state index in [2.05, 4.69) is 25.0 Å². The molecule has 1 amide bonds. The normalized spacial score (nSPS) is 11.2. The van der Waals surface area contributed by atoms with Gasteiger partial charge in [0.15, 0.2) is 11.7 Å². The summed E-state index contributed by atoms with van der Waals surface area (Å²) in [5, 5.41) is 4.58. The Labute approximate surface area is 175 Å². The molecule has 11 heteroatoms. The van der Waals surface area contributed by atoms with Crippen LogP contribution >= 0.6 is 11.3 Å². The largest absolute Gasteiger partial charge is 0.466 e. The van der Waals surface area contributed by atoms with E-state index >= 15 is 0 Å². The number of rotatable bonds is 7. The summed E-state index contributed by atoms with van der Waals surface area (Å²) >= 11 is 1.18. The summed E-state index contributed by atoms with van der Waals surface area (Å²) in [6.45, 7) is -0.265. The number of fused-ring (bicyclic) bond motifs is 1. The second-order valence-corrected chi connectivity index (χ2v) is 8.58. The minimum atomic E-state index is -3.75. The molecular formula is C19H15N5O4S2. The van der Waals surface area contributed by atoms with Gasteiger partial charge in [0.05, 0.1) is 22.1 Å². The summed E-state index contributed by atoms with van der Waals surface area (Å²) in [7, 11) is -3.75. The van der Waals surface area contributed by atoms with Crippen LogP contribution in [-0.2, 0) is 14.8 Å². The Hall–Kier alpha value is -3.57. The second-order valence-electron chi connectivity index (χ2n) is 6.00. The molecule has 0 aliphatic heterocycles. The van der Waals surface area contributed by atoms with Gasteiger partial charge in [-0.1, -0.05) is 12.1 Å². The monoisotopic (exact) mass is 441 g/mol. The smallest absolute Gasteiger partial charge is 0.263 e. The number of hydrogen-bond donors (Lipinski definition) is 2. The highest BCUT2D eigenvalue weighted by molar-refractivity contribution is 7.93. The first-order chi connectivity index (χ1) is 14.5. The lowest BCUT2D eigenvalue weighted by atomic mass is 10.3. The maximum Gasteiger partial charge on any atom is 0.263 e. The number of ether oxygens (including phenoxy) is 1. The average Bonchev–Trinajstić information content (AvgIpc) is 3.25. The van der Waals surface area contributed by atoms with Crippen LogP contribution in [-0.4, -0.2) is 35.9 Å². The molecule has 30 heavy (non-hydrogen) atoms. The minimum absolute atomic E-state index is 0.0541. The molecule has 0 aliphatic carbocycles. The SMILES string of the molecule is O=C(COc1cnc2ccccc2n1)Nc1ccc(S(=O)(=O)Nc2nccs2)cc1. The van der Waals surface area contributed by atoms with Crippen LogP contribution in [0.2, 0.25) is 0 Å². The molecule has 9 nitrogen and oxygen atoms in total. The van der Waals surface area contributed by atoms with Crippen LogP contribution in [0.1, 0.15) is 0 Å². The third-order valence-corrected chi connectivity index (χ3v) is 6.05. The number of benzene rings is 2. The number of aromatic nitrogens is 3. The number of anilines is 2. The van der Waals surface area contributed by atoms with Crippen molar-refractivity contribution in [3.8, 4) is 5.88 Å². The standard InChI is InChI=1S/C19H15N5O4S2/c25-17(12-28-18-11-21-15-3-1-2-4-16(15)23-18)22-13-5-7-14(8-6-13)30(26,27)24-19-20-9-10-29-19/h1-11H,12H2,(H,20,24)(H,22,25). The molecule has 0 saturated carbocycles. The number of para-hydroxylation sites is 2. The van der Waals surface area contributed by atoms with Gasteiger partial charge in [-0.05, 0) is 36.4 Å². The highest BCUT2D eigenvalue weighted by Gasteiger charge is 2.15. The topological polar surface area (TPSA) is 123 Å². The second kappa shape index (κ2) is 8.43. The Kier molecular flexibility index (Phi) is 5.55. The molecule has 152 valence electrons. The summed E-state index contributed by atoms with van der Waals surface area (Å²) in [5.41, 5.74) is 1.83. The highest BCUT2D eigenvalue weighted by Crippen LogP contribution is 2.19. The van der Waals surface area contributed by atoms with Gasteiger partial charge >= 0.3 is 0 Å². The molecule has 4 rings (SSSR count). The summed E-state index contributed by atoms with van der Waals surface area (Å²) in [4.78, 5) is 24.6. The molecule has 0 aliphatic rings. The third kappa shape index (κ3) is 4.70. The Bertz CT molecular complexity index is 1280. The van der Waals surface area contributed by atoms with E-state index in [1.807, 2.05) is 18.2 Å². The average molecular weight is 441 g/mol. The van der Waals surface area contributed by atoms with Crippen LogP contribution < -0.4 is 14.8 Å². The molecular weight excluding hydrogens is 426 g/mol. The molecule has 4 aromatic rings. The van der Waals surface area contributed by atoms with Gasteiger partial charge in [0, 0.05) is 17.3 Å². The van der Waals surface area contributed by atoms with E-state index in [-0.39, 0.29) is 22.5 Å². The van der Waals surface area contributed by atoms with Crippen molar-refractivity contribution >= 4 is 49.1 Å². The molecule has 0 unspecified atom stereocenters. The van der Waals surface area contributed by atoms with Crippen molar-refractivity contribution in [2.45, 2.75) is 4.90 Å². The highest BCUT2D eigenvalue weighted by atomic mass is 32.2. The fourth-order valence-electron chi connectivity index (χ4n) is 2.51. The maximum atomic E-state index is 12.3. The number of carbonyl (C=O) groups excluding carboxylic acids is 1. The quantitative estimate of drug-likeness (QED) is 0.452. The third-order valence-electron chi connectivity index (χ3n) is 3.88. The van der Waals surface area contributed by atoms with Crippen molar-refractivity contribution in [2.75, 3.05) is 16.6 Å².